The summed E-state index contributed by atoms with van der Waals surface area (Å²) in [6.45, 7) is 0. The monoisotopic (exact) mass is 423 g/mol. The average molecular weight is 424 g/mol. The lowest BCUT2D eigenvalue weighted by Gasteiger charge is -2.05. The number of imidazole rings is 1. The van der Waals surface area contributed by atoms with Gasteiger partial charge in [0.25, 0.3) is 11.2 Å². The van der Waals surface area contributed by atoms with Gasteiger partial charge in [0.2, 0.25) is 0 Å². The predicted octanol–water partition coefficient (Wildman–Crippen LogP) is 3.20. The molecule has 5 aromatic rings. The molecule has 0 bridgehead atoms. The summed E-state index contributed by atoms with van der Waals surface area (Å²) in [4.78, 5) is 32.5. The van der Waals surface area contributed by atoms with Crippen LogP contribution in [0.2, 0.25) is 5.02 Å². The molecule has 1 aromatic carbocycles. The Hall–Kier alpha value is -3.56. The van der Waals surface area contributed by atoms with E-state index in [-0.39, 0.29) is 11.2 Å². The Labute approximate surface area is 171 Å². The van der Waals surface area contributed by atoms with Gasteiger partial charge in [-0.15, -0.1) is 0 Å². The molecule has 0 N–H and O–H groups in total. The second-order valence-corrected chi connectivity index (χ2v) is 7.66. The van der Waals surface area contributed by atoms with Gasteiger partial charge in [-0.2, -0.15) is 0 Å². The van der Waals surface area contributed by atoms with Crippen LogP contribution in [0.4, 0.5) is 5.69 Å². The largest absolute Gasteiger partial charge is 0.317 e. The third-order valence-corrected chi connectivity index (χ3v) is 5.62. The van der Waals surface area contributed by atoms with E-state index in [0.29, 0.717) is 25.7 Å². The first kappa shape index (κ1) is 17.5. The fourth-order valence-corrected chi connectivity index (χ4v) is 4.24. The van der Waals surface area contributed by atoms with Crippen molar-refractivity contribution in [1.29, 1.82) is 0 Å². The Kier molecular flexibility index (Phi) is 3.93. The van der Waals surface area contributed by atoms with Crippen LogP contribution in [-0.2, 0) is 0 Å². The summed E-state index contributed by atoms with van der Waals surface area (Å²) in [5.41, 5.74) is 2.37. The Morgan fingerprint density at radius 3 is 2.76 bits per heavy atom. The quantitative estimate of drug-likeness (QED) is 0.328. The van der Waals surface area contributed by atoms with Crippen molar-refractivity contribution in [3.05, 3.63) is 90.6 Å². The lowest BCUT2D eigenvalue weighted by Crippen LogP contribution is -2.23. The van der Waals surface area contributed by atoms with E-state index in [2.05, 4.69) is 9.97 Å². The van der Waals surface area contributed by atoms with E-state index < -0.39 is 4.92 Å². The second kappa shape index (κ2) is 6.50. The Morgan fingerprint density at radius 2 is 2.00 bits per heavy atom. The molecule has 4 aromatic heterocycles. The first-order valence-electron chi connectivity index (χ1n) is 8.42. The van der Waals surface area contributed by atoms with Crippen molar-refractivity contribution < 1.29 is 4.92 Å². The topological polar surface area (TPSA) is 95.3 Å². The molecule has 4 heterocycles. The molecule has 29 heavy (non-hydrogen) atoms. The summed E-state index contributed by atoms with van der Waals surface area (Å²) in [6.07, 6.45) is 5.08. The molecule has 10 heteroatoms. The molecule has 0 atom stereocenters. The zero-order valence-electron chi connectivity index (χ0n) is 14.5. The molecular weight excluding hydrogens is 414 g/mol. The van der Waals surface area contributed by atoms with Crippen LogP contribution < -0.4 is 10.1 Å². The summed E-state index contributed by atoms with van der Waals surface area (Å²) in [7, 11) is 0. The maximum absolute atomic E-state index is 12.9. The lowest BCUT2D eigenvalue weighted by molar-refractivity contribution is -0.384. The van der Waals surface area contributed by atoms with Crippen molar-refractivity contribution in [3.8, 4) is 5.69 Å². The average Bonchev–Trinajstić information content (AvgIpc) is 3.37. The highest BCUT2D eigenvalue weighted by atomic mass is 35.5. The van der Waals surface area contributed by atoms with Gasteiger partial charge < -0.3 is 4.57 Å². The summed E-state index contributed by atoms with van der Waals surface area (Å²) in [6, 6.07) is 11.6. The number of nitrogens with zero attached hydrogens (tertiary/aromatic N) is 5. The van der Waals surface area contributed by atoms with Crippen molar-refractivity contribution in [1.82, 2.24) is 18.9 Å². The molecule has 0 radical (unpaired) electrons. The van der Waals surface area contributed by atoms with Crippen molar-refractivity contribution >= 4 is 50.8 Å². The van der Waals surface area contributed by atoms with E-state index in [1.807, 2.05) is 22.9 Å². The van der Waals surface area contributed by atoms with Crippen molar-refractivity contribution in [2.45, 2.75) is 0 Å². The molecule has 0 aliphatic carbocycles. The molecule has 0 fully saturated rings. The van der Waals surface area contributed by atoms with Gasteiger partial charge in [0.05, 0.1) is 14.5 Å². The molecule has 0 saturated carbocycles. The van der Waals surface area contributed by atoms with E-state index in [9.17, 15) is 14.9 Å². The van der Waals surface area contributed by atoms with E-state index >= 15 is 0 Å². The SMILES string of the molecule is O=c1c(=Cc2cccn2-c2ccc([N+](=O)[O-])cc2)sc2nc3cc(Cl)cnc3n12. The van der Waals surface area contributed by atoms with Crippen LogP contribution in [0.3, 0.4) is 0 Å². The van der Waals surface area contributed by atoms with Gasteiger partial charge in [0, 0.05) is 35.9 Å². The van der Waals surface area contributed by atoms with Gasteiger partial charge in [-0.1, -0.05) is 22.9 Å². The minimum Gasteiger partial charge on any atom is -0.317 e. The normalized spacial score (nSPS) is 12.2. The van der Waals surface area contributed by atoms with Crippen molar-refractivity contribution in [3.63, 3.8) is 0 Å². The number of hydrogen-bond acceptors (Lipinski definition) is 6. The van der Waals surface area contributed by atoms with Crippen LogP contribution in [-0.4, -0.2) is 23.9 Å². The van der Waals surface area contributed by atoms with Crippen LogP contribution in [0.15, 0.2) is 59.7 Å². The fraction of sp³-hybridized carbons (Fsp3) is 0. The maximum Gasteiger partial charge on any atom is 0.276 e. The van der Waals surface area contributed by atoms with E-state index in [0.717, 1.165) is 11.4 Å². The smallest absolute Gasteiger partial charge is 0.276 e. The highest BCUT2D eigenvalue weighted by Crippen LogP contribution is 2.20. The third-order valence-electron chi connectivity index (χ3n) is 4.45. The number of fused-ring (bicyclic) bond motifs is 3. The molecule has 5 rings (SSSR count). The Morgan fingerprint density at radius 1 is 1.21 bits per heavy atom. The molecule has 0 amide bonds. The number of benzene rings is 1. The van der Waals surface area contributed by atoms with E-state index in [4.69, 9.17) is 11.6 Å². The first-order chi connectivity index (χ1) is 14.0. The number of non-ortho nitro benzene ring substituents is 1. The van der Waals surface area contributed by atoms with E-state index in [1.54, 1.807) is 24.3 Å². The van der Waals surface area contributed by atoms with Crippen LogP contribution in [0.5, 0.6) is 0 Å². The zero-order chi connectivity index (χ0) is 20.1. The first-order valence-corrected chi connectivity index (χ1v) is 9.61. The summed E-state index contributed by atoms with van der Waals surface area (Å²) >= 11 is 7.21. The molecule has 0 saturated heterocycles. The van der Waals surface area contributed by atoms with Gasteiger partial charge in [0.1, 0.15) is 5.52 Å². The maximum atomic E-state index is 12.9. The molecule has 0 aliphatic rings. The fourth-order valence-electron chi connectivity index (χ4n) is 3.13. The van der Waals surface area contributed by atoms with Gasteiger partial charge in [0.15, 0.2) is 10.6 Å². The number of pyridine rings is 1. The zero-order valence-corrected chi connectivity index (χ0v) is 16.1. The summed E-state index contributed by atoms with van der Waals surface area (Å²) in [5, 5.41) is 11.3. The molecule has 0 unspecified atom stereocenters. The Balaban J connectivity index is 1.64. The van der Waals surface area contributed by atoms with Gasteiger partial charge in [-0.05, 0) is 36.4 Å². The number of rotatable bonds is 3. The third kappa shape index (κ3) is 2.87. The standard InChI is InChI=1S/C19H10ClN5O3S/c20-11-8-15-17(21-10-11)24-18(26)16(29-19(24)22-15)9-14-2-1-7-23(14)12-3-5-13(6-4-12)25(27)28/h1-10H. The molecular formula is C19H10ClN5O3S. The van der Waals surface area contributed by atoms with Crippen LogP contribution in [0, 0.1) is 10.1 Å². The molecule has 8 nitrogen and oxygen atoms in total. The molecule has 0 spiro atoms. The number of nitro groups is 1. The highest BCUT2D eigenvalue weighted by molar-refractivity contribution is 7.15. The molecule has 142 valence electrons. The lowest BCUT2D eigenvalue weighted by atomic mass is 10.2. The Bertz CT molecular complexity index is 1520. The predicted molar refractivity (Wildman–Crippen MR) is 111 cm³/mol. The highest BCUT2D eigenvalue weighted by Gasteiger charge is 2.13. The number of halogens is 1. The van der Waals surface area contributed by atoms with E-state index in [1.165, 1.54) is 34.1 Å². The van der Waals surface area contributed by atoms with Crippen LogP contribution >= 0.6 is 22.9 Å². The number of hydrogen-bond donors (Lipinski definition) is 0. The van der Waals surface area contributed by atoms with Crippen LogP contribution in [0.25, 0.3) is 27.9 Å². The minimum atomic E-state index is -0.441. The number of nitro benzene ring substituents is 1. The van der Waals surface area contributed by atoms with Gasteiger partial charge in [-0.25, -0.2) is 14.4 Å². The summed E-state index contributed by atoms with van der Waals surface area (Å²) in [5.74, 6) is 0. The van der Waals surface area contributed by atoms with Crippen molar-refractivity contribution in [2.24, 2.45) is 0 Å². The number of aromatic nitrogens is 4. The van der Waals surface area contributed by atoms with Gasteiger partial charge in [-0.3, -0.25) is 14.9 Å². The summed E-state index contributed by atoms with van der Waals surface area (Å²) < 4.78 is 3.83. The second-order valence-electron chi connectivity index (χ2n) is 6.22. The van der Waals surface area contributed by atoms with Gasteiger partial charge >= 0.3 is 0 Å². The minimum absolute atomic E-state index is 0.0206. The van der Waals surface area contributed by atoms with Crippen molar-refractivity contribution in [2.75, 3.05) is 0 Å². The van der Waals surface area contributed by atoms with Crippen LogP contribution in [0.1, 0.15) is 5.69 Å². The number of thiazole rings is 1. The molecule has 0 aliphatic heterocycles.